The molecule has 0 radical (unpaired) electrons. The van der Waals surface area contributed by atoms with Crippen LogP contribution in [0.4, 0.5) is 5.69 Å². The minimum absolute atomic E-state index is 0.0298. The van der Waals surface area contributed by atoms with Gasteiger partial charge in [0.2, 0.25) is 5.91 Å². The molecule has 4 rings (SSSR count). The number of amides is 2. The molecule has 0 bridgehead atoms. The number of benzene rings is 1. The number of aryl methyl sites for hydroxylation is 2. The van der Waals surface area contributed by atoms with Crippen LogP contribution in [0.1, 0.15) is 46.5 Å². The van der Waals surface area contributed by atoms with E-state index in [1.807, 2.05) is 23.6 Å². The third kappa shape index (κ3) is 4.80. The molecule has 0 saturated carbocycles. The number of nitrogens with one attached hydrogen (secondary N) is 2. The summed E-state index contributed by atoms with van der Waals surface area (Å²) >= 11 is 1.47. The zero-order valence-corrected chi connectivity index (χ0v) is 16.9. The molecule has 6 heteroatoms. The fraction of sp³-hybridized carbons (Fsp3) is 0.455. The Morgan fingerprint density at radius 1 is 1.11 bits per heavy atom. The van der Waals surface area contributed by atoms with Gasteiger partial charge in [-0.2, -0.15) is 0 Å². The molecule has 1 aromatic carbocycles. The van der Waals surface area contributed by atoms with Gasteiger partial charge in [0, 0.05) is 37.8 Å². The monoisotopic (exact) mass is 397 g/mol. The minimum Gasteiger partial charge on any atom is -0.349 e. The molecule has 5 nitrogen and oxygen atoms in total. The van der Waals surface area contributed by atoms with Crippen molar-refractivity contribution in [2.45, 2.75) is 44.6 Å². The van der Waals surface area contributed by atoms with Crippen molar-refractivity contribution < 1.29 is 9.59 Å². The predicted molar refractivity (Wildman–Crippen MR) is 113 cm³/mol. The smallest absolute Gasteiger partial charge is 0.261 e. The molecule has 28 heavy (non-hydrogen) atoms. The van der Waals surface area contributed by atoms with Crippen LogP contribution < -0.4 is 10.6 Å². The molecule has 2 aromatic rings. The molecule has 1 aromatic heterocycles. The van der Waals surface area contributed by atoms with E-state index in [1.165, 1.54) is 28.9 Å². The summed E-state index contributed by atoms with van der Waals surface area (Å²) in [5.74, 6) is 0.105. The van der Waals surface area contributed by atoms with Crippen molar-refractivity contribution in [1.82, 2.24) is 10.2 Å². The highest BCUT2D eigenvalue weighted by atomic mass is 32.1. The molecule has 0 spiro atoms. The van der Waals surface area contributed by atoms with E-state index < -0.39 is 0 Å². The second-order valence-electron chi connectivity index (χ2n) is 7.70. The van der Waals surface area contributed by atoms with E-state index in [4.69, 9.17) is 0 Å². The van der Waals surface area contributed by atoms with E-state index in [9.17, 15) is 9.59 Å². The standard InChI is InChI=1S/C22H27N3O2S/c26-21(23-19-7-6-16-3-1-4-17(16)15-19)10-13-25-11-8-18(9-12-25)24-22(27)20-5-2-14-28-20/h2,5-7,14-15,18H,1,3-4,8-13H2,(H,23,26)(H,24,27). The van der Waals surface area contributed by atoms with Crippen molar-refractivity contribution in [2.24, 2.45) is 0 Å². The molecule has 1 fully saturated rings. The number of fused-ring (bicyclic) bond motifs is 1. The van der Waals surface area contributed by atoms with Crippen LogP contribution in [-0.4, -0.2) is 42.4 Å². The maximum absolute atomic E-state index is 12.3. The van der Waals surface area contributed by atoms with Crippen LogP contribution in [0.25, 0.3) is 0 Å². The first kappa shape index (κ1) is 19.2. The summed E-state index contributed by atoms with van der Waals surface area (Å²) in [6, 6.07) is 10.3. The van der Waals surface area contributed by atoms with Crippen LogP contribution in [0.2, 0.25) is 0 Å². The fourth-order valence-corrected chi connectivity index (χ4v) is 4.72. The van der Waals surface area contributed by atoms with Gasteiger partial charge in [0.25, 0.3) is 5.91 Å². The number of rotatable bonds is 6. The minimum atomic E-state index is 0.0298. The van der Waals surface area contributed by atoms with Gasteiger partial charge in [0.05, 0.1) is 4.88 Å². The van der Waals surface area contributed by atoms with Gasteiger partial charge >= 0.3 is 0 Å². The lowest BCUT2D eigenvalue weighted by Gasteiger charge is -2.32. The first-order chi connectivity index (χ1) is 13.7. The van der Waals surface area contributed by atoms with Crippen molar-refractivity contribution in [1.29, 1.82) is 0 Å². The molecule has 1 aliphatic carbocycles. The summed E-state index contributed by atoms with van der Waals surface area (Å²) in [5.41, 5.74) is 3.72. The lowest BCUT2D eigenvalue weighted by Crippen LogP contribution is -2.45. The van der Waals surface area contributed by atoms with Crippen LogP contribution in [0.5, 0.6) is 0 Å². The highest BCUT2D eigenvalue weighted by molar-refractivity contribution is 7.12. The lowest BCUT2D eigenvalue weighted by atomic mass is 10.0. The summed E-state index contributed by atoms with van der Waals surface area (Å²) in [5, 5.41) is 8.09. The van der Waals surface area contributed by atoms with Crippen molar-refractivity contribution in [3.05, 3.63) is 51.7 Å². The SMILES string of the molecule is O=C(CCN1CCC(NC(=O)c2cccs2)CC1)Nc1ccc2c(c1)CCC2. The van der Waals surface area contributed by atoms with Crippen LogP contribution in [-0.2, 0) is 17.6 Å². The summed E-state index contributed by atoms with van der Waals surface area (Å²) in [6.45, 7) is 2.60. The molecule has 2 aliphatic rings. The number of hydrogen-bond donors (Lipinski definition) is 2. The van der Waals surface area contributed by atoms with Gasteiger partial charge < -0.3 is 15.5 Å². The zero-order chi connectivity index (χ0) is 19.3. The van der Waals surface area contributed by atoms with Gasteiger partial charge in [-0.05, 0) is 66.8 Å². The average molecular weight is 398 g/mol. The number of likely N-dealkylation sites (tertiary alicyclic amines) is 1. The Balaban J connectivity index is 1.17. The normalized spacial score (nSPS) is 17.3. The third-order valence-electron chi connectivity index (χ3n) is 5.71. The van der Waals surface area contributed by atoms with Gasteiger partial charge in [-0.15, -0.1) is 11.3 Å². The third-order valence-corrected chi connectivity index (χ3v) is 6.57. The Labute approximate surface area is 170 Å². The molecule has 0 unspecified atom stereocenters. The van der Waals surface area contributed by atoms with Crippen LogP contribution >= 0.6 is 11.3 Å². The molecule has 1 aliphatic heterocycles. The number of carbonyl (C=O) groups excluding carboxylic acids is 2. The Bertz CT molecular complexity index is 826. The molecule has 2 amide bonds. The van der Waals surface area contributed by atoms with Gasteiger partial charge in [0.1, 0.15) is 0 Å². The van der Waals surface area contributed by atoms with Gasteiger partial charge in [-0.1, -0.05) is 12.1 Å². The predicted octanol–water partition coefficient (Wildman–Crippen LogP) is 3.46. The Morgan fingerprint density at radius 2 is 1.93 bits per heavy atom. The second-order valence-corrected chi connectivity index (χ2v) is 8.65. The van der Waals surface area contributed by atoms with Crippen LogP contribution in [0, 0.1) is 0 Å². The summed E-state index contributed by atoms with van der Waals surface area (Å²) in [7, 11) is 0. The fourth-order valence-electron chi connectivity index (χ4n) is 4.10. The number of thiophene rings is 1. The highest BCUT2D eigenvalue weighted by Crippen LogP contribution is 2.25. The molecular weight excluding hydrogens is 370 g/mol. The summed E-state index contributed by atoms with van der Waals surface area (Å²) in [6.07, 6.45) is 5.87. The van der Waals surface area contributed by atoms with Gasteiger partial charge in [-0.3, -0.25) is 9.59 Å². The first-order valence-corrected chi connectivity index (χ1v) is 11.0. The van der Waals surface area contributed by atoms with E-state index >= 15 is 0 Å². The quantitative estimate of drug-likeness (QED) is 0.785. The number of hydrogen-bond acceptors (Lipinski definition) is 4. The Morgan fingerprint density at radius 3 is 2.71 bits per heavy atom. The zero-order valence-electron chi connectivity index (χ0n) is 16.1. The lowest BCUT2D eigenvalue weighted by molar-refractivity contribution is -0.116. The molecular formula is C22H27N3O2S. The maximum Gasteiger partial charge on any atom is 0.261 e. The molecule has 0 atom stereocenters. The first-order valence-electron chi connectivity index (χ1n) is 10.2. The molecule has 2 N–H and O–H groups in total. The van der Waals surface area contributed by atoms with Crippen LogP contribution in [0.15, 0.2) is 35.7 Å². The van der Waals surface area contributed by atoms with Gasteiger partial charge in [0.15, 0.2) is 0 Å². The largest absolute Gasteiger partial charge is 0.349 e. The highest BCUT2D eigenvalue weighted by Gasteiger charge is 2.22. The van der Waals surface area contributed by atoms with E-state index in [1.54, 1.807) is 0 Å². The second kappa shape index (κ2) is 8.88. The van der Waals surface area contributed by atoms with E-state index in [2.05, 4.69) is 27.7 Å². The van der Waals surface area contributed by atoms with Gasteiger partial charge in [-0.25, -0.2) is 0 Å². The number of piperidine rings is 1. The van der Waals surface area contributed by atoms with E-state index in [-0.39, 0.29) is 17.9 Å². The summed E-state index contributed by atoms with van der Waals surface area (Å²) in [4.78, 5) is 27.5. The summed E-state index contributed by atoms with van der Waals surface area (Å²) < 4.78 is 0. The Kier molecular flexibility index (Phi) is 6.07. The van der Waals surface area contributed by atoms with Crippen molar-refractivity contribution in [3.63, 3.8) is 0 Å². The molecule has 2 heterocycles. The maximum atomic E-state index is 12.3. The van der Waals surface area contributed by atoms with E-state index in [0.717, 1.165) is 55.9 Å². The molecule has 1 saturated heterocycles. The van der Waals surface area contributed by atoms with Crippen molar-refractivity contribution in [3.8, 4) is 0 Å². The van der Waals surface area contributed by atoms with Crippen molar-refractivity contribution in [2.75, 3.05) is 25.0 Å². The molecule has 148 valence electrons. The van der Waals surface area contributed by atoms with E-state index in [0.29, 0.717) is 6.42 Å². The van der Waals surface area contributed by atoms with Crippen molar-refractivity contribution >= 4 is 28.8 Å². The number of nitrogens with zero attached hydrogens (tertiary/aromatic N) is 1. The number of carbonyl (C=O) groups is 2. The topological polar surface area (TPSA) is 61.4 Å². The van der Waals surface area contributed by atoms with Crippen LogP contribution in [0.3, 0.4) is 0 Å². The Hall–Kier alpha value is -2.18. The number of anilines is 1. The average Bonchev–Trinajstić information content (AvgIpc) is 3.39.